The molecular formula is C38H30N4O4S3. The Morgan fingerprint density at radius 3 is 2.29 bits per heavy atom. The first kappa shape index (κ1) is 33.4. The van der Waals surface area contributed by atoms with Gasteiger partial charge in [-0.3, -0.25) is 14.4 Å². The van der Waals surface area contributed by atoms with Crippen molar-refractivity contribution in [2.45, 2.75) is 10.1 Å². The van der Waals surface area contributed by atoms with Crippen LogP contribution in [-0.2, 0) is 9.59 Å². The molecule has 49 heavy (non-hydrogen) atoms. The number of rotatable bonds is 12. The molecule has 0 aliphatic carbocycles. The summed E-state index contributed by atoms with van der Waals surface area (Å²) in [6.45, 7) is 0. The number of hydrogen-bond acceptors (Lipinski definition) is 8. The maximum absolute atomic E-state index is 13.7. The third kappa shape index (κ3) is 8.90. The van der Waals surface area contributed by atoms with E-state index in [0.29, 0.717) is 27.7 Å². The molecule has 6 rings (SSSR count). The molecule has 0 spiro atoms. The Morgan fingerprint density at radius 1 is 0.816 bits per heavy atom. The number of thioether (sulfide) groups is 1. The largest absolute Gasteiger partial charge is 0.497 e. The normalized spacial score (nSPS) is 11.7. The summed E-state index contributed by atoms with van der Waals surface area (Å²) < 4.78 is 5.25. The van der Waals surface area contributed by atoms with E-state index < -0.39 is 17.1 Å². The van der Waals surface area contributed by atoms with Gasteiger partial charge in [-0.1, -0.05) is 72.8 Å². The summed E-state index contributed by atoms with van der Waals surface area (Å²) in [6.07, 6.45) is 1.60. The third-order valence-corrected chi connectivity index (χ3v) is 10.0. The monoisotopic (exact) mass is 702 g/mol. The lowest BCUT2D eigenvalue weighted by Gasteiger charge is -2.17. The molecule has 0 saturated heterocycles. The molecule has 8 nitrogen and oxygen atoms in total. The highest BCUT2D eigenvalue weighted by Crippen LogP contribution is 2.38. The lowest BCUT2D eigenvalue weighted by Crippen LogP contribution is -2.30. The molecule has 4 aromatic carbocycles. The molecule has 2 heterocycles. The van der Waals surface area contributed by atoms with Crippen LogP contribution in [0.2, 0.25) is 0 Å². The number of benzene rings is 4. The van der Waals surface area contributed by atoms with Gasteiger partial charge >= 0.3 is 0 Å². The second-order valence-electron chi connectivity index (χ2n) is 10.5. The van der Waals surface area contributed by atoms with E-state index in [-0.39, 0.29) is 11.6 Å². The number of aromatic nitrogens is 1. The Balaban J connectivity index is 1.21. The zero-order valence-corrected chi connectivity index (χ0v) is 28.6. The van der Waals surface area contributed by atoms with Crippen LogP contribution in [0.25, 0.3) is 16.6 Å². The van der Waals surface area contributed by atoms with E-state index in [0.717, 1.165) is 21.0 Å². The lowest BCUT2D eigenvalue weighted by molar-refractivity contribution is -0.116. The molecule has 3 N–H and O–H groups in total. The number of carbonyl (C=O) groups is 3. The van der Waals surface area contributed by atoms with Crippen molar-refractivity contribution in [3.8, 4) is 16.3 Å². The van der Waals surface area contributed by atoms with E-state index in [1.807, 2.05) is 65.4 Å². The predicted molar refractivity (Wildman–Crippen MR) is 199 cm³/mol. The highest BCUT2D eigenvalue weighted by Gasteiger charge is 2.24. The van der Waals surface area contributed by atoms with Crippen molar-refractivity contribution in [2.75, 3.05) is 17.7 Å². The molecule has 2 aromatic heterocycles. The van der Waals surface area contributed by atoms with E-state index in [1.165, 1.54) is 23.1 Å². The zero-order chi connectivity index (χ0) is 34.0. The number of nitrogens with zero attached hydrogens (tertiary/aromatic N) is 1. The van der Waals surface area contributed by atoms with Gasteiger partial charge in [0.25, 0.3) is 11.8 Å². The average Bonchev–Trinajstić information content (AvgIpc) is 3.84. The molecule has 0 radical (unpaired) electrons. The molecule has 1 atom stereocenters. The quantitative estimate of drug-likeness (QED) is 0.0869. The summed E-state index contributed by atoms with van der Waals surface area (Å²) >= 11 is 4.33. The minimum atomic E-state index is -0.600. The molecule has 244 valence electrons. The molecule has 3 amide bonds. The highest BCUT2D eigenvalue weighted by atomic mass is 32.2. The molecule has 11 heteroatoms. The number of ether oxygens (including phenoxy) is 1. The van der Waals surface area contributed by atoms with Gasteiger partial charge < -0.3 is 20.7 Å². The van der Waals surface area contributed by atoms with Crippen molar-refractivity contribution >= 4 is 69.1 Å². The maximum Gasteiger partial charge on any atom is 0.272 e. The van der Waals surface area contributed by atoms with Crippen LogP contribution < -0.4 is 20.7 Å². The first-order valence-corrected chi connectivity index (χ1v) is 17.7. The van der Waals surface area contributed by atoms with Crippen molar-refractivity contribution in [2.24, 2.45) is 0 Å². The van der Waals surface area contributed by atoms with E-state index in [4.69, 9.17) is 4.74 Å². The summed E-state index contributed by atoms with van der Waals surface area (Å²) in [6, 6.07) is 36.5. The van der Waals surface area contributed by atoms with Crippen LogP contribution in [0.5, 0.6) is 5.75 Å². The Hall–Kier alpha value is -5.49. The van der Waals surface area contributed by atoms with E-state index in [9.17, 15) is 14.4 Å². The van der Waals surface area contributed by atoms with Gasteiger partial charge in [-0.15, -0.1) is 34.4 Å². The van der Waals surface area contributed by atoms with Crippen molar-refractivity contribution in [1.82, 2.24) is 10.3 Å². The van der Waals surface area contributed by atoms with Gasteiger partial charge in [0, 0.05) is 21.5 Å². The number of nitrogens with one attached hydrogen (secondary N) is 3. The van der Waals surface area contributed by atoms with E-state index in [1.54, 1.807) is 91.3 Å². The van der Waals surface area contributed by atoms with Crippen LogP contribution in [-0.4, -0.2) is 29.8 Å². The van der Waals surface area contributed by atoms with Crippen molar-refractivity contribution in [3.05, 3.63) is 154 Å². The summed E-state index contributed by atoms with van der Waals surface area (Å²) in [5.74, 6) is -0.474. The third-order valence-electron chi connectivity index (χ3n) is 7.15. The van der Waals surface area contributed by atoms with Gasteiger partial charge in [-0.25, -0.2) is 4.98 Å². The Bertz CT molecular complexity index is 2060. The highest BCUT2D eigenvalue weighted by molar-refractivity contribution is 8.00. The van der Waals surface area contributed by atoms with Gasteiger partial charge in [-0.05, 0) is 71.1 Å². The van der Waals surface area contributed by atoms with E-state index in [2.05, 4.69) is 20.9 Å². The smallest absolute Gasteiger partial charge is 0.272 e. The van der Waals surface area contributed by atoms with Crippen LogP contribution in [0.3, 0.4) is 0 Å². The second-order valence-corrected chi connectivity index (χ2v) is 13.5. The molecule has 0 fully saturated rings. The fourth-order valence-corrected chi connectivity index (χ4v) is 7.29. The summed E-state index contributed by atoms with van der Waals surface area (Å²) in [5, 5.41) is 12.5. The lowest BCUT2D eigenvalue weighted by atomic mass is 10.1. The summed E-state index contributed by atoms with van der Waals surface area (Å²) in [5.41, 5.74) is 3.32. The molecule has 6 aromatic rings. The van der Waals surface area contributed by atoms with Gasteiger partial charge in [-0.2, -0.15) is 0 Å². The molecule has 0 aliphatic heterocycles. The average molecular weight is 703 g/mol. The molecule has 0 bridgehead atoms. The van der Waals surface area contributed by atoms with Crippen LogP contribution in [0.4, 0.5) is 10.8 Å². The van der Waals surface area contributed by atoms with E-state index >= 15 is 0 Å². The van der Waals surface area contributed by atoms with Crippen molar-refractivity contribution in [3.63, 3.8) is 0 Å². The fraction of sp³-hybridized carbons (Fsp3) is 0.0526. The first-order valence-electron chi connectivity index (χ1n) is 15.1. The Labute approximate surface area is 295 Å². The van der Waals surface area contributed by atoms with Crippen LogP contribution in [0.1, 0.15) is 26.7 Å². The molecule has 0 aliphatic rings. The molecule has 0 saturated carbocycles. The number of thiazole rings is 1. The minimum absolute atomic E-state index is 0.0592. The minimum Gasteiger partial charge on any atom is -0.497 e. The van der Waals surface area contributed by atoms with Gasteiger partial charge in [0.15, 0.2) is 5.13 Å². The Kier molecular flexibility index (Phi) is 11.0. The topological polar surface area (TPSA) is 109 Å². The van der Waals surface area contributed by atoms with Crippen molar-refractivity contribution in [1.29, 1.82) is 0 Å². The number of anilines is 2. The van der Waals surface area contributed by atoms with Crippen LogP contribution >= 0.6 is 34.4 Å². The van der Waals surface area contributed by atoms with Gasteiger partial charge in [0.2, 0.25) is 5.91 Å². The number of carbonyl (C=O) groups excluding carboxylic acids is 3. The van der Waals surface area contributed by atoms with Gasteiger partial charge in [0.05, 0.1) is 17.7 Å². The SMILES string of the molecule is COc1ccc(/C=C(/NC(=O)c2ccccc2)C(=O)Nc2cccc(SC(C(=O)Nc3nc(-c4cccs4)cs3)c3ccccc3)c2)cc1. The Morgan fingerprint density at radius 2 is 1.57 bits per heavy atom. The maximum atomic E-state index is 13.7. The number of thiophene rings is 1. The molecular weight excluding hydrogens is 673 g/mol. The zero-order valence-electron chi connectivity index (χ0n) is 26.2. The van der Waals surface area contributed by atoms with Crippen LogP contribution in [0, 0.1) is 0 Å². The van der Waals surface area contributed by atoms with Gasteiger partial charge in [0.1, 0.15) is 16.7 Å². The number of methoxy groups -OCH3 is 1. The standard InChI is InChI=1S/C38H30N4O4S3/c1-46-29-19-17-25(18-20-29)22-31(40-35(43)27-12-6-3-7-13-27)36(44)39-28-14-8-15-30(23-28)49-34(26-10-4-2-5-11-26)37(45)42-38-41-32(24-48-38)33-16-9-21-47-33/h2-24,34H,1H3,(H,39,44)(H,40,43)(H,41,42,45)/b31-22+. The van der Waals surface area contributed by atoms with Crippen LogP contribution in [0.15, 0.2) is 143 Å². The second kappa shape index (κ2) is 16.1. The summed E-state index contributed by atoms with van der Waals surface area (Å²) in [7, 11) is 1.58. The fourth-order valence-electron chi connectivity index (χ4n) is 4.73. The number of hydrogen-bond donors (Lipinski definition) is 3. The van der Waals surface area contributed by atoms with Crippen molar-refractivity contribution < 1.29 is 19.1 Å². The predicted octanol–water partition coefficient (Wildman–Crippen LogP) is 8.76. The number of amides is 3. The summed E-state index contributed by atoms with van der Waals surface area (Å²) in [4.78, 5) is 46.9. The first-order chi connectivity index (χ1) is 23.9. The molecule has 1 unspecified atom stereocenters.